The molecular weight excluding hydrogens is 424 g/mol. The summed E-state index contributed by atoms with van der Waals surface area (Å²) in [6.07, 6.45) is 3.62. The van der Waals surface area contributed by atoms with E-state index in [0.717, 1.165) is 22.5 Å². The van der Waals surface area contributed by atoms with Crippen molar-refractivity contribution in [3.05, 3.63) is 107 Å². The van der Waals surface area contributed by atoms with Gasteiger partial charge < -0.3 is 10.6 Å². The van der Waals surface area contributed by atoms with Gasteiger partial charge in [0.25, 0.3) is 5.91 Å². The minimum atomic E-state index is -0.196. The Bertz CT molecular complexity index is 1310. The molecule has 172 valence electrons. The number of anilines is 2. The maximum atomic E-state index is 12.8. The van der Waals surface area contributed by atoms with Gasteiger partial charge in [-0.15, -0.1) is 0 Å². The summed E-state index contributed by atoms with van der Waals surface area (Å²) in [4.78, 5) is 25.2. The van der Waals surface area contributed by atoms with Crippen molar-refractivity contribution in [1.29, 1.82) is 0 Å². The van der Waals surface area contributed by atoms with Crippen LogP contribution in [0, 0.1) is 6.92 Å². The fourth-order valence-electron chi connectivity index (χ4n) is 3.69. The molecule has 1 heterocycles. The number of amides is 2. The van der Waals surface area contributed by atoms with Gasteiger partial charge in [-0.1, -0.05) is 61.9 Å². The Labute approximate surface area is 199 Å². The summed E-state index contributed by atoms with van der Waals surface area (Å²) in [5.74, 6) is 0.132. The Kier molecular flexibility index (Phi) is 6.87. The van der Waals surface area contributed by atoms with Gasteiger partial charge in [-0.25, -0.2) is 4.68 Å². The van der Waals surface area contributed by atoms with Crippen LogP contribution in [0.2, 0.25) is 0 Å². The van der Waals surface area contributed by atoms with Gasteiger partial charge in [0.2, 0.25) is 5.91 Å². The lowest BCUT2D eigenvalue weighted by atomic mass is 10.0. The third-order valence-electron chi connectivity index (χ3n) is 5.52. The van der Waals surface area contributed by atoms with E-state index in [4.69, 9.17) is 0 Å². The maximum Gasteiger partial charge on any atom is 0.255 e. The van der Waals surface area contributed by atoms with Crippen LogP contribution in [0.15, 0.2) is 85.2 Å². The highest BCUT2D eigenvalue weighted by Gasteiger charge is 2.10. The van der Waals surface area contributed by atoms with Gasteiger partial charge in [0.05, 0.1) is 30.2 Å². The van der Waals surface area contributed by atoms with E-state index >= 15 is 0 Å². The van der Waals surface area contributed by atoms with E-state index in [1.807, 2.05) is 67.6 Å². The van der Waals surface area contributed by atoms with Crippen molar-refractivity contribution in [3.63, 3.8) is 0 Å². The van der Waals surface area contributed by atoms with Crippen LogP contribution in [0.1, 0.15) is 46.8 Å². The molecule has 1 aromatic heterocycles. The zero-order valence-corrected chi connectivity index (χ0v) is 19.6. The standard InChI is InChI=1S/C28H28N4O2/c1-19(2)22-10-12-24(13-11-22)31-28(34)23-8-5-9-26(16-23)32-18-25(17-29-32)30-27(33)15-21-7-4-6-20(3)14-21/h4-14,16-19H,15H2,1-3H3,(H,30,33)(H,31,34). The first kappa shape index (κ1) is 23.0. The van der Waals surface area contributed by atoms with Crippen molar-refractivity contribution >= 4 is 23.2 Å². The average Bonchev–Trinajstić information content (AvgIpc) is 3.28. The molecule has 0 saturated carbocycles. The highest BCUT2D eigenvalue weighted by molar-refractivity contribution is 6.04. The molecule has 2 N–H and O–H groups in total. The molecule has 0 unspecified atom stereocenters. The van der Waals surface area contributed by atoms with Crippen LogP contribution in [-0.4, -0.2) is 21.6 Å². The SMILES string of the molecule is Cc1cccc(CC(=O)Nc2cnn(-c3cccc(C(=O)Nc4ccc(C(C)C)cc4)c3)c2)c1. The van der Waals surface area contributed by atoms with Crippen molar-refractivity contribution in [2.75, 3.05) is 10.6 Å². The normalized spacial score (nSPS) is 10.8. The first-order valence-electron chi connectivity index (χ1n) is 11.3. The lowest BCUT2D eigenvalue weighted by Crippen LogP contribution is -2.14. The molecule has 0 fully saturated rings. The van der Waals surface area contributed by atoms with Crippen LogP contribution in [0.4, 0.5) is 11.4 Å². The molecule has 0 aliphatic heterocycles. The largest absolute Gasteiger partial charge is 0.323 e. The monoisotopic (exact) mass is 452 g/mol. The molecule has 0 aliphatic rings. The lowest BCUT2D eigenvalue weighted by Gasteiger charge is -2.09. The predicted molar refractivity (Wildman–Crippen MR) is 136 cm³/mol. The molecule has 4 aromatic rings. The van der Waals surface area contributed by atoms with Crippen LogP contribution >= 0.6 is 0 Å². The highest BCUT2D eigenvalue weighted by Crippen LogP contribution is 2.19. The minimum absolute atomic E-state index is 0.109. The van der Waals surface area contributed by atoms with Gasteiger partial charge in [0.1, 0.15) is 0 Å². The second-order valence-electron chi connectivity index (χ2n) is 8.67. The zero-order chi connectivity index (χ0) is 24.1. The fourth-order valence-corrected chi connectivity index (χ4v) is 3.69. The number of hydrogen-bond acceptors (Lipinski definition) is 3. The molecule has 3 aromatic carbocycles. The van der Waals surface area contributed by atoms with Crippen LogP contribution < -0.4 is 10.6 Å². The second kappa shape index (κ2) is 10.2. The van der Waals surface area contributed by atoms with Gasteiger partial charge >= 0.3 is 0 Å². The predicted octanol–water partition coefficient (Wildman–Crippen LogP) is 5.74. The quantitative estimate of drug-likeness (QED) is 0.376. The van der Waals surface area contributed by atoms with Crippen molar-refractivity contribution in [3.8, 4) is 5.69 Å². The first-order chi connectivity index (χ1) is 16.4. The third kappa shape index (κ3) is 5.78. The molecule has 6 nitrogen and oxygen atoms in total. The van der Waals surface area contributed by atoms with Crippen molar-refractivity contribution in [2.24, 2.45) is 0 Å². The number of hydrogen-bond donors (Lipinski definition) is 2. The zero-order valence-electron chi connectivity index (χ0n) is 19.6. The van der Waals surface area contributed by atoms with E-state index in [2.05, 4.69) is 29.6 Å². The van der Waals surface area contributed by atoms with E-state index < -0.39 is 0 Å². The molecule has 4 rings (SSSR count). The molecule has 0 radical (unpaired) electrons. The van der Waals surface area contributed by atoms with Gasteiger partial charge in [0, 0.05) is 11.3 Å². The summed E-state index contributed by atoms with van der Waals surface area (Å²) < 4.78 is 1.64. The minimum Gasteiger partial charge on any atom is -0.323 e. The average molecular weight is 453 g/mol. The summed E-state index contributed by atoms with van der Waals surface area (Å²) in [7, 11) is 0. The lowest BCUT2D eigenvalue weighted by molar-refractivity contribution is -0.115. The van der Waals surface area contributed by atoms with Crippen molar-refractivity contribution in [1.82, 2.24) is 9.78 Å². The molecule has 2 amide bonds. The smallest absolute Gasteiger partial charge is 0.255 e. The Morgan fingerprint density at radius 2 is 1.68 bits per heavy atom. The summed E-state index contributed by atoms with van der Waals surface area (Å²) in [5.41, 5.74) is 5.89. The van der Waals surface area contributed by atoms with E-state index in [0.29, 0.717) is 23.6 Å². The molecule has 0 spiro atoms. The van der Waals surface area contributed by atoms with Crippen molar-refractivity contribution in [2.45, 2.75) is 33.1 Å². The number of benzene rings is 3. The number of rotatable bonds is 7. The number of nitrogens with zero attached hydrogens (tertiary/aromatic N) is 2. The molecule has 0 aliphatic carbocycles. The van der Waals surface area contributed by atoms with Gasteiger partial charge in [0.15, 0.2) is 0 Å². The van der Waals surface area contributed by atoms with Crippen LogP contribution in [0.25, 0.3) is 5.69 Å². The maximum absolute atomic E-state index is 12.8. The number of carbonyl (C=O) groups excluding carboxylic acids is 2. The Morgan fingerprint density at radius 1 is 0.912 bits per heavy atom. The summed E-state index contributed by atoms with van der Waals surface area (Å²) in [6, 6.07) is 22.9. The first-order valence-corrected chi connectivity index (χ1v) is 11.3. The number of nitrogens with one attached hydrogen (secondary N) is 2. The Morgan fingerprint density at radius 3 is 2.41 bits per heavy atom. The molecule has 6 heteroatoms. The van der Waals surface area contributed by atoms with Crippen LogP contribution in [0.3, 0.4) is 0 Å². The Hall–Kier alpha value is -4.19. The molecule has 0 atom stereocenters. The Balaban J connectivity index is 1.41. The molecule has 0 saturated heterocycles. The van der Waals surface area contributed by atoms with Crippen LogP contribution in [0.5, 0.6) is 0 Å². The van der Waals surface area contributed by atoms with Gasteiger partial charge in [-0.2, -0.15) is 5.10 Å². The summed E-state index contributed by atoms with van der Waals surface area (Å²) >= 11 is 0. The summed E-state index contributed by atoms with van der Waals surface area (Å²) in [5, 5.41) is 10.2. The fraction of sp³-hybridized carbons (Fsp3) is 0.179. The molecule has 0 bridgehead atoms. The van der Waals surface area contributed by atoms with Crippen molar-refractivity contribution < 1.29 is 9.59 Å². The number of aromatic nitrogens is 2. The summed E-state index contributed by atoms with van der Waals surface area (Å²) in [6.45, 7) is 6.27. The van der Waals surface area contributed by atoms with E-state index in [1.165, 1.54) is 5.56 Å². The molecular formula is C28H28N4O2. The number of aryl methyl sites for hydroxylation is 1. The third-order valence-corrected chi connectivity index (χ3v) is 5.52. The highest BCUT2D eigenvalue weighted by atomic mass is 16.2. The topological polar surface area (TPSA) is 76.0 Å². The van der Waals surface area contributed by atoms with Gasteiger partial charge in [-0.3, -0.25) is 9.59 Å². The van der Waals surface area contributed by atoms with E-state index in [9.17, 15) is 9.59 Å². The number of carbonyl (C=O) groups is 2. The van der Waals surface area contributed by atoms with E-state index in [1.54, 1.807) is 29.2 Å². The van der Waals surface area contributed by atoms with E-state index in [-0.39, 0.29) is 11.8 Å². The van der Waals surface area contributed by atoms with Gasteiger partial charge in [-0.05, 0) is 54.3 Å². The van der Waals surface area contributed by atoms with Crippen LogP contribution in [-0.2, 0) is 11.2 Å². The molecule has 34 heavy (non-hydrogen) atoms. The second-order valence-corrected chi connectivity index (χ2v) is 8.67.